The molecule has 1 aliphatic heterocycles. The topological polar surface area (TPSA) is 62.6 Å². The molecule has 1 aromatic heterocycles. The van der Waals surface area contributed by atoms with Crippen LogP contribution in [0.15, 0.2) is 6.20 Å². The van der Waals surface area contributed by atoms with Gasteiger partial charge in [-0.05, 0) is 34.6 Å². The van der Waals surface area contributed by atoms with Crippen molar-refractivity contribution in [3.05, 3.63) is 11.9 Å². The lowest BCUT2D eigenvalue weighted by molar-refractivity contribution is 0.00585. The van der Waals surface area contributed by atoms with Crippen molar-refractivity contribution >= 4 is 18.6 Å². The molecule has 1 aromatic rings. The Morgan fingerprint density at radius 3 is 2.65 bits per heavy atom. The van der Waals surface area contributed by atoms with E-state index in [4.69, 9.17) is 14.0 Å². The molecule has 2 heterocycles. The lowest BCUT2D eigenvalue weighted by atomic mass is 9.79. The van der Waals surface area contributed by atoms with E-state index in [9.17, 15) is 4.79 Å². The van der Waals surface area contributed by atoms with Crippen LogP contribution >= 0.6 is 0 Å². The summed E-state index contributed by atoms with van der Waals surface area (Å²) in [4.78, 5) is 12.3. The molecule has 0 bridgehead atoms. The second kappa shape index (κ2) is 4.89. The number of rotatable bonds is 2. The SMILES string of the molecule is Cn1ncc(B2OCC(C)(C)O2)c1C(=O)OC(C)(C)C. The van der Waals surface area contributed by atoms with Crippen molar-refractivity contribution in [2.24, 2.45) is 7.05 Å². The van der Waals surface area contributed by atoms with Crippen LogP contribution in [-0.2, 0) is 21.1 Å². The maximum atomic E-state index is 12.3. The fourth-order valence-corrected chi connectivity index (χ4v) is 1.99. The molecular formula is C13H21BN2O4. The first kappa shape index (κ1) is 15.1. The molecule has 0 unspecified atom stereocenters. The van der Waals surface area contributed by atoms with Gasteiger partial charge in [-0.2, -0.15) is 5.10 Å². The average Bonchev–Trinajstić information content (AvgIpc) is 2.79. The minimum absolute atomic E-state index is 0.364. The molecule has 0 atom stereocenters. The molecule has 0 saturated carbocycles. The molecule has 6 nitrogen and oxygen atoms in total. The highest BCUT2D eigenvalue weighted by molar-refractivity contribution is 6.63. The van der Waals surface area contributed by atoms with Crippen molar-refractivity contribution in [3.8, 4) is 0 Å². The van der Waals surface area contributed by atoms with Crippen LogP contribution < -0.4 is 5.46 Å². The van der Waals surface area contributed by atoms with Gasteiger partial charge in [-0.3, -0.25) is 4.68 Å². The van der Waals surface area contributed by atoms with Gasteiger partial charge in [0.05, 0.1) is 12.2 Å². The number of hydrogen-bond donors (Lipinski definition) is 0. The minimum Gasteiger partial charge on any atom is -0.455 e. The van der Waals surface area contributed by atoms with Crippen LogP contribution in [0.4, 0.5) is 0 Å². The molecule has 0 N–H and O–H groups in total. The van der Waals surface area contributed by atoms with Gasteiger partial charge in [0.1, 0.15) is 11.3 Å². The van der Waals surface area contributed by atoms with E-state index < -0.39 is 18.7 Å². The predicted octanol–water partition coefficient (Wildman–Crippen LogP) is 0.896. The third-order valence-electron chi connectivity index (χ3n) is 2.82. The molecule has 1 saturated heterocycles. The lowest BCUT2D eigenvalue weighted by Crippen LogP contribution is -2.39. The van der Waals surface area contributed by atoms with E-state index in [2.05, 4.69) is 5.10 Å². The van der Waals surface area contributed by atoms with Crippen LogP contribution in [0, 0.1) is 0 Å². The summed E-state index contributed by atoms with van der Waals surface area (Å²) in [6.45, 7) is 9.83. The summed E-state index contributed by atoms with van der Waals surface area (Å²) in [5.74, 6) is -0.426. The molecule has 20 heavy (non-hydrogen) atoms. The number of esters is 1. The number of nitrogens with zero attached hydrogens (tertiary/aromatic N) is 2. The van der Waals surface area contributed by atoms with E-state index in [1.54, 1.807) is 13.2 Å². The number of hydrogen-bond acceptors (Lipinski definition) is 5. The summed E-state index contributed by atoms with van der Waals surface area (Å²) >= 11 is 0. The fraction of sp³-hybridized carbons (Fsp3) is 0.692. The summed E-state index contributed by atoms with van der Waals surface area (Å²) < 4.78 is 18.3. The Labute approximate surface area is 119 Å². The van der Waals surface area contributed by atoms with Gasteiger partial charge in [-0.15, -0.1) is 0 Å². The van der Waals surface area contributed by atoms with Crippen molar-refractivity contribution in [3.63, 3.8) is 0 Å². The Balaban J connectivity index is 2.26. The molecule has 0 aliphatic carbocycles. The van der Waals surface area contributed by atoms with Crippen LogP contribution in [0.1, 0.15) is 45.1 Å². The van der Waals surface area contributed by atoms with Gasteiger partial charge < -0.3 is 14.0 Å². The first-order valence-electron chi connectivity index (χ1n) is 6.64. The summed E-state index contributed by atoms with van der Waals surface area (Å²) in [6, 6.07) is 0. The first-order chi connectivity index (χ1) is 9.09. The molecule has 1 aliphatic rings. The zero-order valence-corrected chi connectivity index (χ0v) is 12.9. The summed E-state index contributed by atoms with van der Waals surface area (Å²) in [5.41, 5.74) is 0.0380. The highest BCUT2D eigenvalue weighted by Crippen LogP contribution is 2.20. The van der Waals surface area contributed by atoms with E-state index in [1.807, 2.05) is 34.6 Å². The Bertz CT molecular complexity index is 519. The Morgan fingerprint density at radius 1 is 1.50 bits per heavy atom. The molecular weight excluding hydrogens is 259 g/mol. The summed E-state index contributed by atoms with van der Waals surface area (Å²) in [5, 5.41) is 4.12. The van der Waals surface area contributed by atoms with E-state index in [0.717, 1.165) is 0 Å². The first-order valence-corrected chi connectivity index (χ1v) is 6.64. The third kappa shape index (κ3) is 3.21. The highest BCUT2D eigenvalue weighted by Gasteiger charge is 2.42. The maximum Gasteiger partial charge on any atom is 0.498 e. The smallest absolute Gasteiger partial charge is 0.455 e. The molecule has 0 spiro atoms. The number of carbonyl (C=O) groups excluding carboxylic acids is 1. The minimum atomic E-state index is -0.582. The molecule has 0 aromatic carbocycles. The number of ether oxygens (including phenoxy) is 1. The van der Waals surface area contributed by atoms with Crippen LogP contribution in [0.25, 0.3) is 0 Å². The summed E-state index contributed by atoms with van der Waals surface area (Å²) in [7, 11) is 1.12. The van der Waals surface area contributed by atoms with Gasteiger partial charge in [0, 0.05) is 18.7 Å². The normalized spacial score (nSPS) is 18.4. The van der Waals surface area contributed by atoms with Crippen LogP contribution in [0.3, 0.4) is 0 Å². The highest BCUT2D eigenvalue weighted by atomic mass is 16.7. The van der Waals surface area contributed by atoms with Gasteiger partial charge in [-0.25, -0.2) is 4.79 Å². The Kier molecular flexibility index (Phi) is 3.68. The zero-order chi connectivity index (χ0) is 15.1. The summed E-state index contributed by atoms with van der Waals surface area (Å²) in [6.07, 6.45) is 1.59. The van der Waals surface area contributed by atoms with Gasteiger partial charge in [-0.1, -0.05) is 0 Å². The molecule has 2 rings (SSSR count). The molecule has 0 radical (unpaired) electrons. The van der Waals surface area contributed by atoms with Crippen molar-refractivity contribution in [1.82, 2.24) is 9.78 Å². The van der Waals surface area contributed by atoms with Crippen molar-refractivity contribution in [2.75, 3.05) is 6.61 Å². The van der Waals surface area contributed by atoms with Crippen molar-refractivity contribution in [1.29, 1.82) is 0 Å². The van der Waals surface area contributed by atoms with Gasteiger partial charge in [0.25, 0.3) is 0 Å². The van der Waals surface area contributed by atoms with Crippen LogP contribution in [0.2, 0.25) is 0 Å². The largest absolute Gasteiger partial charge is 0.498 e. The van der Waals surface area contributed by atoms with E-state index in [1.165, 1.54) is 4.68 Å². The van der Waals surface area contributed by atoms with Crippen LogP contribution in [0.5, 0.6) is 0 Å². The number of aryl methyl sites for hydroxylation is 1. The monoisotopic (exact) mass is 280 g/mol. The number of carbonyl (C=O) groups is 1. The van der Waals surface area contributed by atoms with Crippen molar-refractivity contribution < 1.29 is 18.8 Å². The van der Waals surface area contributed by atoms with Gasteiger partial charge >= 0.3 is 13.1 Å². The third-order valence-corrected chi connectivity index (χ3v) is 2.82. The van der Waals surface area contributed by atoms with Crippen LogP contribution in [-0.4, -0.2) is 40.7 Å². The zero-order valence-electron chi connectivity index (χ0n) is 12.9. The van der Waals surface area contributed by atoms with Crippen molar-refractivity contribution in [2.45, 2.75) is 45.8 Å². The average molecular weight is 280 g/mol. The van der Waals surface area contributed by atoms with Gasteiger partial charge in [0.2, 0.25) is 0 Å². The molecule has 110 valence electrons. The lowest BCUT2D eigenvalue weighted by Gasteiger charge is -2.20. The van der Waals surface area contributed by atoms with E-state index in [0.29, 0.717) is 17.8 Å². The Hall–Kier alpha value is -1.34. The predicted molar refractivity (Wildman–Crippen MR) is 74.9 cm³/mol. The second-order valence-corrected chi connectivity index (χ2v) is 6.59. The molecule has 0 amide bonds. The molecule has 7 heteroatoms. The second-order valence-electron chi connectivity index (χ2n) is 6.59. The Morgan fingerprint density at radius 2 is 2.15 bits per heavy atom. The van der Waals surface area contributed by atoms with E-state index in [-0.39, 0.29) is 5.60 Å². The quantitative estimate of drug-likeness (QED) is 0.595. The maximum absolute atomic E-state index is 12.3. The number of aromatic nitrogens is 2. The van der Waals surface area contributed by atoms with E-state index >= 15 is 0 Å². The fourth-order valence-electron chi connectivity index (χ4n) is 1.99. The molecule has 1 fully saturated rings. The standard InChI is InChI=1S/C13H21BN2O4/c1-12(2,3)19-11(17)10-9(7-15-16(10)6)14-18-8-13(4,5)20-14/h7H,8H2,1-6H3. The van der Waals surface area contributed by atoms with Gasteiger partial charge in [0.15, 0.2) is 0 Å².